The molecule has 0 aliphatic heterocycles. The van der Waals surface area contributed by atoms with Gasteiger partial charge < -0.3 is 10.4 Å². The van der Waals surface area contributed by atoms with Crippen LogP contribution in [0.2, 0.25) is 0 Å². The van der Waals surface area contributed by atoms with Gasteiger partial charge in [-0.05, 0) is 37.1 Å². The molecule has 0 spiro atoms. The van der Waals surface area contributed by atoms with Gasteiger partial charge in [0.1, 0.15) is 5.82 Å². The summed E-state index contributed by atoms with van der Waals surface area (Å²) in [4.78, 5) is 10.6. The summed E-state index contributed by atoms with van der Waals surface area (Å²) in [5, 5.41) is 11.8. The van der Waals surface area contributed by atoms with Crippen molar-refractivity contribution < 1.29 is 14.3 Å². The average molecular weight is 239 g/mol. The maximum Gasteiger partial charge on any atom is 0.306 e. The van der Waals surface area contributed by atoms with Crippen molar-refractivity contribution in [2.45, 2.75) is 26.8 Å². The van der Waals surface area contributed by atoms with Gasteiger partial charge in [-0.15, -0.1) is 0 Å². The number of carboxylic acids is 1. The number of hydrogen-bond acceptors (Lipinski definition) is 2. The van der Waals surface area contributed by atoms with Gasteiger partial charge in [0.2, 0.25) is 0 Å². The summed E-state index contributed by atoms with van der Waals surface area (Å²) >= 11 is 0. The van der Waals surface area contributed by atoms with Crippen LogP contribution < -0.4 is 5.32 Å². The molecule has 3 nitrogen and oxygen atoms in total. The zero-order valence-electron chi connectivity index (χ0n) is 10.2. The molecule has 4 heteroatoms. The molecular formula is C13H18FNO2. The molecular weight excluding hydrogens is 221 g/mol. The molecule has 0 saturated carbocycles. The van der Waals surface area contributed by atoms with Crippen LogP contribution in [0, 0.1) is 18.7 Å². The predicted octanol–water partition coefficient (Wildman–Crippen LogP) is 2.33. The van der Waals surface area contributed by atoms with Crippen molar-refractivity contribution in [3.63, 3.8) is 0 Å². The van der Waals surface area contributed by atoms with Crippen molar-refractivity contribution in [2.24, 2.45) is 5.92 Å². The van der Waals surface area contributed by atoms with Gasteiger partial charge in [-0.1, -0.05) is 19.1 Å². The van der Waals surface area contributed by atoms with E-state index >= 15 is 0 Å². The van der Waals surface area contributed by atoms with Crippen LogP contribution in [0.25, 0.3) is 0 Å². The lowest BCUT2D eigenvalue weighted by Crippen LogP contribution is -2.20. The number of carboxylic acid groups (broad SMARTS) is 1. The minimum atomic E-state index is -0.774. The highest BCUT2D eigenvalue weighted by Crippen LogP contribution is 2.09. The number of rotatable bonds is 6. The molecule has 0 saturated heterocycles. The quantitative estimate of drug-likeness (QED) is 0.749. The Labute approximate surface area is 101 Å². The molecule has 94 valence electrons. The summed E-state index contributed by atoms with van der Waals surface area (Å²) in [6, 6.07) is 4.98. The molecule has 1 aromatic carbocycles. The van der Waals surface area contributed by atoms with Crippen LogP contribution in [0.1, 0.15) is 24.5 Å². The predicted molar refractivity (Wildman–Crippen MR) is 64.3 cm³/mol. The van der Waals surface area contributed by atoms with Gasteiger partial charge in [-0.25, -0.2) is 4.39 Å². The highest BCUT2D eigenvalue weighted by atomic mass is 19.1. The van der Waals surface area contributed by atoms with Gasteiger partial charge in [0.05, 0.1) is 5.92 Å². The van der Waals surface area contributed by atoms with E-state index in [4.69, 9.17) is 5.11 Å². The molecule has 0 fully saturated rings. The van der Waals surface area contributed by atoms with Gasteiger partial charge in [-0.3, -0.25) is 4.79 Å². The highest BCUT2D eigenvalue weighted by molar-refractivity contribution is 5.69. The normalized spacial score (nSPS) is 12.4. The minimum Gasteiger partial charge on any atom is -0.481 e. The first-order chi connectivity index (χ1) is 8.00. The van der Waals surface area contributed by atoms with Crippen LogP contribution in [0.3, 0.4) is 0 Å². The van der Waals surface area contributed by atoms with E-state index in [0.717, 1.165) is 5.56 Å². The van der Waals surface area contributed by atoms with E-state index in [2.05, 4.69) is 5.32 Å². The summed E-state index contributed by atoms with van der Waals surface area (Å²) in [5.74, 6) is -1.31. The average Bonchev–Trinajstić information content (AvgIpc) is 2.28. The molecule has 0 bridgehead atoms. The van der Waals surface area contributed by atoms with Crippen LogP contribution >= 0.6 is 0 Å². The fourth-order valence-electron chi connectivity index (χ4n) is 1.49. The number of carbonyl (C=O) groups is 1. The van der Waals surface area contributed by atoms with E-state index in [9.17, 15) is 9.18 Å². The van der Waals surface area contributed by atoms with Crippen molar-refractivity contribution >= 4 is 5.97 Å². The molecule has 1 rings (SSSR count). The van der Waals surface area contributed by atoms with Crippen LogP contribution in [-0.4, -0.2) is 17.6 Å². The Morgan fingerprint density at radius 1 is 1.53 bits per heavy atom. The van der Waals surface area contributed by atoms with E-state index in [1.54, 1.807) is 26.0 Å². The Balaban J connectivity index is 2.31. The molecule has 17 heavy (non-hydrogen) atoms. The molecule has 0 aromatic heterocycles. The summed E-state index contributed by atoms with van der Waals surface area (Å²) in [6.07, 6.45) is 0.593. The summed E-state index contributed by atoms with van der Waals surface area (Å²) in [7, 11) is 0. The van der Waals surface area contributed by atoms with Crippen molar-refractivity contribution in [3.05, 3.63) is 35.1 Å². The minimum absolute atomic E-state index is 0.201. The number of aryl methyl sites for hydroxylation is 1. The monoisotopic (exact) mass is 239 g/mol. The van der Waals surface area contributed by atoms with Crippen molar-refractivity contribution in [1.29, 1.82) is 0 Å². The number of aliphatic carboxylic acids is 1. The molecule has 1 atom stereocenters. The van der Waals surface area contributed by atoms with E-state index in [0.29, 0.717) is 25.1 Å². The third kappa shape index (κ3) is 4.53. The number of benzene rings is 1. The van der Waals surface area contributed by atoms with Crippen molar-refractivity contribution in [3.8, 4) is 0 Å². The number of nitrogens with one attached hydrogen (secondary N) is 1. The summed E-state index contributed by atoms with van der Waals surface area (Å²) < 4.78 is 13.0. The maximum atomic E-state index is 13.0. The first-order valence-electron chi connectivity index (χ1n) is 5.69. The van der Waals surface area contributed by atoms with Gasteiger partial charge in [-0.2, -0.15) is 0 Å². The lowest BCUT2D eigenvalue weighted by atomic mass is 10.1. The second-order valence-electron chi connectivity index (χ2n) is 4.29. The molecule has 0 aliphatic rings. The SMILES string of the molecule is Cc1cc(CNCCC(C)C(=O)O)ccc1F. The molecule has 0 aliphatic carbocycles. The van der Waals surface area contributed by atoms with Crippen molar-refractivity contribution in [1.82, 2.24) is 5.32 Å². The van der Waals surface area contributed by atoms with Crippen LogP contribution in [0.4, 0.5) is 4.39 Å². The third-order valence-corrected chi connectivity index (χ3v) is 2.73. The smallest absolute Gasteiger partial charge is 0.306 e. The van der Waals surface area contributed by atoms with Crippen molar-refractivity contribution in [2.75, 3.05) is 6.54 Å². The van der Waals surface area contributed by atoms with E-state index < -0.39 is 5.97 Å². The topological polar surface area (TPSA) is 49.3 Å². The van der Waals surface area contributed by atoms with Gasteiger partial charge in [0, 0.05) is 6.54 Å². The second-order valence-corrected chi connectivity index (χ2v) is 4.29. The van der Waals surface area contributed by atoms with Gasteiger partial charge >= 0.3 is 5.97 Å². The Bertz CT molecular complexity index is 393. The molecule has 2 N–H and O–H groups in total. The molecule has 1 aromatic rings. The van der Waals surface area contributed by atoms with E-state index in [-0.39, 0.29) is 11.7 Å². The van der Waals surface area contributed by atoms with E-state index in [1.165, 1.54) is 6.07 Å². The standard InChI is InChI=1S/C13H18FNO2/c1-9(13(16)17)5-6-15-8-11-3-4-12(14)10(2)7-11/h3-4,7,9,15H,5-6,8H2,1-2H3,(H,16,17). The number of hydrogen-bond donors (Lipinski definition) is 2. The zero-order chi connectivity index (χ0) is 12.8. The van der Waals surface area contributed by atoms with Crippen LogP contribution in [0.15, 0.2) is 18.2 Å². The molecule has 0 heterocycles. The Kier molecular flexibility index (Phi) is 5.10. The summed E-state index contributed by atoms with van der Waals surface area (Å²) in [5.41, 5.74) is 1.63. The van der Waals surface area contributed by atoms with Gasteiger partial charge in [0.15, 0.2) is 0 Å². The van der Waals surface area contributed by atoms with Crippen LogP contribution in [-0.2, 0) is 11.3 Å². The molecule has 0 radical (unpaired) electrons. The zero-order valence-corrected chi connectivity index (χ0v) is 10.2. The Morgan fingerprint density at radius 2 is 2.24 bits per heavy atom. The van der Waals surface area contributed by atoms with Crippen LogP contribution in [0.5, 0.6) is 0 Å². The lowest BCUT2D eigenvalue weighted by Gasteiger charge is -2.08. The fourth-order valence-corrected chi connectivity index (χ4v) is 1.49. The highest BCUT2D eigenvalue weighted by Gasteiger charge is 2.09. The first-order valence-corrected chi connectivity index (χ1v) is 5.69. The molecule has 0 amide bonds. The Hall–Kier alpha value is -1.42. The summed E-state index contributed by atoms with van der Waals surface area (Å²) in [6.45, 7) is 4.69. The number of halogens is 1. The molecule has 1 unspecified atom stereocenters. The third-order valence-electron chi connectivity index (χ3n) is 2.73. The maximum absolute atomic E-state index is 13.0. The second kappa shape index (κ2) is 6.35. The van der Waals surface area contributed by atoms with E-state index in [1.807, 2.05) is 0 Å². The largest absolute Gasteiger partial charge is 0.481 e. The Morgan fingerprint density at radius 3 is 2.82 bits per heavy atom. The van der Waals surface area contributed by atoms with Gasteiger partial charge in [0.25, 0.3) is 0 Å². The first kappa shape index (κ1) is 13.6. The fraction of sp³-hybridized carbons (Fsp3) is 0.462. The lowest BCUT2D eigenvalue weighted by molar-refractivity contribution is -0.141.